The van der Waals surface area contributed by atoms with Gasteiger partial charge in [-0.25, -0.2) is 4.98 Å². The molecule has 3 nitrogen and oxygen atoms in total. The molecule has 0 fully saturated rings. The van der Waals surface area contributed by atoms with Gasteiger partial charge in [-0.2, -0.15) is 0 Å². The summed E-state index contributed by atoms with van der Waals surface area (Å²) in [5, 5.41) is 0. The number of hydrogen-bond donors (Lipinski definition) is 0. The van der Waals surface area contributed by atoms with Crippen LogP contribution in [0.25, 0.3) is 11.5 Å². The smallest absolute Gasteiger partial charge is 0.226 e. The summed E-state index contributed by atoms with van der Waals surface area (Å²) >= 11 is 3.39. The van der Waals surface area contributed by atoms with Crippen LogP contribution in [0, 0.1) is 6.92 Å². The SMILES string of the molecule is COc1cc(-c2ncc(C)o2)ccc1Br. The maximum atomic E-state index is 5.43. The summed E-state index contributed by atoms with van der Waals surface area (Å²) in [6.45, 7) is 1.87. The van der Waals surface area contributed by atoms with Crippen molar-refractivity contribution in [2.75, 3.05) is 7.11 Å². The van der Waals surface area contributed by atoms with Gasteiger partial charge in [0, 0.05) is 5.56 Å². The lowest BCUT2D eigenvalue weighted by molar-refractivity contribution is 0.412. The molecule has 4 heteroatoms. The van der Waals surface area contributed by atoms with Crippen molar-refractivity contribution in [2.45, 2.75) is 6.92 Å². The molecule has 2 aromatic rings. The zero-order chi connectivity index (χ0) is 10.8. The molecule has 0 saturated carbocycles. The fraction of sp³-hybridized carbons (Fsp3) is 0.182. The zero-order valence-corrected chi connectivity index (χ0v) is 10.0. The van der Waals surface area contributed by atoms with Crippen molar-refractivity contribution in [3.8, 4) is 17.2 Å². The van der Waals surface area contributed by atoms with Gasteiger partial charge in [-0.3, -0.25) is 0 Å². The third-order valence-corrected chi connectivity index (χ3v) is 2.67. The summed E-state index contributed by atoms with van der Waals surface area (Å²) < 4.78 is 11.5. The molecule has 0 aliphatic rings. The van der Waals surface area contributed by atoms with Gasteiger partial charge in [0.2, 0.25) is 5.89 Å². The van der Waals surface area contributed by atoms with Gasteiger partial charge < -0.3 is 9.15 Å². The Bertz CT molecular complexity index is 479. The minimum atomic E-state index is 0.610. The Balaban J connectivity index is 2.45. The molecule has 0 saturated heterocycles. The van der Waals surface area contributed by atoms with Crippen LogP contribution in [0.4, 0.5) is 0 Å². The van der Waals surface area contributed by atoms with Crippen molar-refractivity contribution in [3.63, 3.8) is 0 Å². The van der Waals surface area contributed by atoms with E-state index in [0.29, 0.717) is 5.89 Å². The summed E-state index contributed by atoms with van der Waals surface area (Å²) in [5.74, 6) is 2.17. The van der Waals surface area contributed by atoms with Crippen LogP contribution in [0.1, 0.15) is 5.76 Å². The van der Waals surface area contributed by atoms with Crippen LogP contribution in [-0.4, -0.2) is 12.1 Å². The van der Waals surface area contributed by atoms with E-state index in [1.807, 2.05) is 25.1 Å². The molecule has 0 spiro atoms. The van der Waals surface area contributed by atoms with E-state index in [0.717, 1.165) is 21.5 Å². The second-order valence-corrected chi connectivity index (χ2v) is 3.98. The molecule has 0 aliphatic heterocycles. The number of aryl methyl sites for hydroxylation is 1. The minimum Gasteiger partial charge on any atom is -0.496 e. The van der Waals surface area contributed by atoms with E-state index in [9.17, 15) is 0 Å². The molecule has 15 heavy (non-hydrogen) atoms. The summed E-state index contributed by atoms with van der Waals surface area (Å²) in [6, 6.07) is 5.72. The van der Waals surface area contributed by atoms with Crippen molar-refractivity contribution in [3.05, 3.63) is 34.6 Å². The predicted molar refractivity (Wildman–Crippen MR) is 60.9 cm³/mol. The second kappa shape index (κ2) is 4.06. The summed E-state index contributed by atoms with van der Waals surface area (Å²) in [7, 11) is 1.63. The Morgan fingerprint density at radius 2 is 2.20 bits per heavy atom. The molecule has 1 heterocycles. The molecule has 2 rings (SSSR count). The number of rotatable bonds is 2. The highest BCUT2D eigenvalue weighted by Crippen LogP contribution is 2.30. The molecule has 0 atom stereocenters. The highest BCUT2D eigenvalue weighted by atomic mass is 79.9. The fourth-order valence-corrected chi connectivity index (χ4v) is 1.69. The van der Waals surface area contributed by atoms with E-state index >= 15 is 0 Å². The molecule has 0 unspecified atom stereocenters. The number of methoxy groups -OCH3 is 1. The molecular weight excluding hydrogens is 258 g/mol. The first-order valence-electron chi connectivity index (χ1n) is 4.47. The summed E-state index contributed by atoms with van der Waals surface area (Å²) in [4.78, 5) is 4.15. The Hall–Kier alpha value is -1.29. The zero-order valence-electron chi connectivity index (χ0n) is 8.45. The number of nitrogens with zero attached hydrogens (tertiary/aromatic N) is 1. The van der Waals surface area contributed by atoms with Gasteiger partial charge in [-0.15, -0.1) is 0 Å². The van der Waals surface area contributed by atoms with Gasteiger partial charge >= 0.3 is 0 Å². The largest absolute Gasteiger partial charge is 0.496 e. The van der Waals surface area contributed by atoms with E-state index in [1.54, 1.807) is 13.3 Å². The molecule has 1 aromatic carbocycles. The third kappa shape index (κ3) is 2.04. The van der Waals surface area contributed by atoms with E-state index < -0.39 is 0 Å². The Labute approximate surface area is 96.2 Å². The second-order valence-electron chi connectivity index (χ2n) is 3.13. The van der Waals surface area contributed by atoms with Crippen LogP contribution in [0.5, 0.6) is 5.75 Å². The third-order valence-electron chi connectivity index (χ3n) is 2.02. The molecule has 0 radical (unpaired) electrons. The number of aromatic nitrogens is 1. The van der Waals surface area contributed by atoms with Crippen molar-refractivity contribution in [1.29, 1.82) is 0 Å². The fourth-order valence-electron chi connectivity index (χ4n) is 1.28. The van der Waals surface area contributed by atoms with Crippen LogP contribution in [0.2, 0.25) is 0 Å². The lowest BCUT2D eigenvalue weighted by atomic mass is 10.2. The quantitative estimate of drug-likeness (QED) is 0.837. The maximum absolute atomic E-state index is 5.43. The first-order chi connectivity index (χ1) is 7.20. The van der Waals surface area contributed by atoms with E-state index in [4.69, 9.17) is 9.15 Å². The predicted octanol–water partition coefficient (Wildman–Crippen LogP) is 3.42. The first kappa shape index (κ1) is 10.2. The Morgan fingerprint density at radius 3 is 2.80 bits per heavy atom. The van der Waals surface area contributed by atoms with E-state index in [1.165, 1.54) is 0 Å². The van der Waals surface area contributed by atoms with Gasteiger partial charge in [0.25, 0.3) is 0 Å². The van der Waals surface area contributed by atoms with Crippen LogP contribution < -0.4 is 4.74 Å². The highest BCUT2D eigenvalue weighted by Gasteiger charge is 2.07. The van der Waals surface area contributed by atoms with Gasteiger partial charge in [0.05, 0.1) is 17.8 Å². The molecule has 78 valence electrons. The van der Waals surface area contributed by atoms with Gasteiger partial charge in [0.15, 0.2) is 0 Å². The topological polar surface area (TPSA) is 35.3 Å². The van der Waals surface area contributed by atoms with Gasteiger partial charge in [0.1, 0.15) is 11.5 Å². The highest BCUT2D eigenvalue weighted by molar-refractivity contribution is 9.10. The van der Waals surface area contributed by atoms with Crippen LogP contribution in [-0.2, 0) is 0 Å². The number of ether oxygens (including phenoxy) is 1. The number of hydrogen-bond acceptors (Lipinski definition) is 3. The molecule has 0 aliphatic carbocycles. The maximum Gasteiger partial charge on any atom is 0.226 e. The number of halogens is 1. The average Bonchev–Trinajstić information content (AvgIpc) is 2.66. The first-order valence-corrected chi connectivity index (χ1v) is 5.26. The Kier molecular flexibility index (Phi) is 2.77. The van der Waals surface area contributed by atoms with Gasteiger partial charge in [-0.05, 0) is 41.1 Å². The summed E-state index contributed by atoms with van der Waals surface area (Å²) in [6.07, 6.45) is 1.70. The van der Waals surface area contributed by atoms with Crippen molar-refractivity contribution < 1.29 is 9.15 Å². The van der Waals surface area contributed by atoms with Crippen molar-refractivity contribution in [2.24, 2.45) is 0 Å². The normalized spacial score (nSPS) is 10.3. The Morgan fingerprint density at radius 1 is 1.40 bits per heavy atom. The monoisotopic (exact) mass is 267 g/mol. The van der Waals surface area contributed by atoms with Crippen molar-refractivity contribution in [1.82, 2.24) is 4.98 Å². The van der Waals surface area contributed by atoms with Crippen LogP contribution >= 0.6 is 15.9 Å². The molecule has 0 amide bonds. The average molecular weight is 268 g/mol. The number of benzene rings is 1. The standard InChI is InChI=1S/C11H10BrNO2/c1-7-6-13-11(15-7)8-3-4-9(12)10(5-8)14-2/h3-6H,1-2H3. The van der Waals surface area contributed by atoms with Crippen molar-refractivity contribution >= 4 is 15.9 Å². The lowest BCUT2D eigenvalue weighted by Crippen LogP contribution is -1.85. The number of oxazole rings is 1. The molecule has 1 aromatic heterocycles. The van der Waals surface area contributed by atoms with E-state index in [-0.39, 0.29) is 0 Å². The molecule has 0 N–H and O–H groups in total. The minimum absolute atomic E-state index is 0.610. The van der Waals surface area contributed by atoms with Crippen LogP contribution in [0.15, 0.2) is 33.3 Å². The lowest BCUT2D eigenvalue weighted by Gasteiger charge is -2.03. The molecular formula is C11H10BrNO2. The van der Waals surface area contributed by atoms with Gasteiger partial charge in [-0.1, -0.05) is 0 Å². The molecule has 0 bridgehead atoms. The van der Waals surface area contributed by atoms with Crippen LogP contribution in [0.3, 0.4) is 0 Å². The summed E-state index contributed by atoms with van der Waals surface area (Å²) in [5.41, 5.74) is 0.906. The van der Waals surface area contributed by atoms with E-state index in [2.05, 4.69) is 20.9 Å².